The highest BCUT2D eigenvalue weighted by atomic mass is 32.1. The van der Waals surface area contributed by atoms with Crippen LogP contribution < -0.4 is 5.32 Å². The molecule has 3 aromatic heterocycles. The van der Waals surface area contributed by atoms with Crippen LogP contribution in [0.15, 0.2) is 231 Å². The van der Waals surface area contributed by atoms with Crippen LogP contribution in [0.4, 0.5) is 0 Å². The first-order chi connectivity index (χ1) is 34.2. The number of benzene rings is 11. The molecule has 4 heterocycles. The third kappa shape index (κ3) is 5.89. The molecule has 1 aliphatic rings. The third-order valence-corrected chi connectivity index (χ3v) is 15.3. The van der Waals surface area contributed by atoms with E-state index < -0.39 is 6.17 Å². The summed E-state index contributed by atoms with van der Waals surface area (Å²) in [6.07, 6.45) is -0.466. The van der Waals surface area contributed by atoms with Gasteiger partial charge in [0.05, 0.1) is 0 Å². The summed E-state index contributed by atoms with van der Waals surface area (Å²) in [5, 5.41) is 17.9. The van der Waals surface area contributed by atoms with E-state index in [-0.39, 0.29) is 0 Å². The van der Waals surface area contributed by atoms with Crippen molar-refractivity contribution >= 4 is 119 Å². The lowest BCUT2D eigenvalue weighted by Gasteiger charge is -2.24. The highest BCUT2D eigenvalue weighted by Crippen LogP contribution is 2.46. The number of fused-ring (bicyclic) bond motifs is 15. The van der Waals surface area contributed by atoms with Gasteiger partial charge in [-0.2, -0.15) is 0 Å². The number of para-hydroxylation sites is 1. The summed E-state index contributed by atoms with van der Waals surface area (Å²) < 4.78 is 16.1. The average molecular weight is 900 g/mol. The Balaban J connectivity index is 0.884. The molecule has 1 aliphatic heterocycles. The maximum absolute atomic E-state index is 6.82. The van der Waals surface area contributed by atoms with Crippen LogP contribution in [0.5, 0.6) is 0 Å². The van der Waals surface area contributed by atoms with E-state index in [0.29, 0.717) is 5.84 Å². The Morgan fingerprint density at radius 2 is 0.971 bits per heavy atom. The van der Waals surface area contributed by atoms with E-state index in [0.717, 1.165) is 88.7 Å². The summed E-state index contributed by atoms with van der Waals surface area (Å²) in [6, 6.07) is 75.5. The Hall–Kier alpha value is -8.84. The van der Waals surface area contributed by atoms with Crippen LogP contribution >= 0.6 is 11.3 Å². The molecule has 0 spiro atoms. The normalized spacial score (nSPS) is 14.2. The summed E-state index contributed by atoms with van der Waals surface area (Å²) in [5.74, 6) is 1.43. The number of nitrogens with one attached hydrogen (secondary N) is 1. The van der Waals surface area contributed by atoms with E-state index in [1.165, 1.54) is 52.5 Å². The average Bonchev–Trinajstić information content (AvgIpc) is 4.12. The molecule has 0 saturated heterocycles. The quantitative estimate of drug-likeness (QED) is 0.175. The largest absolute Gasteiger partial charge is 0.456 e. The van der Waals surface area contributed by atoms with Crippen molar-refractivity contribution in [3.63, 3.8) is 0 Å². The van der Waals surface area contributed by atoms with Crippen molar-refractivity contribution in [2.75, 3.05) is 0 Å². The first-order valence-corrected chi connectivity index (χ1v) is 24.1. The maximum Gasteiger partial charge on any atom is 0.159 e. The first kappa shape index (κ1) is 38.3. The Morgan fingerprint density at radius 3 is 1.80 bits per heavy atom. The zero-order valence-electron chi connectivity index (χ0n) is 36.9. The van der Waals surface area contributed by atoms with E-state index in [1.807, 2.05) is 35.6 Å². The van der Waals surface area contributed by atoms with Crippen LogP contribution in [-0.4, -0.2) is 11.7 Å². The van der Waals surface area contributed by atoms with Crippen LogP contribution in [-0.2, 0) is 0 Å². The number of rotatable bonds is 5. The van der Waals surface area contributed by atoms with Gasteiger partial charge in [0.1, 0.15) is 34.3 Å². The molecule has 1 atom stereocenters. The molecule has 14 aromatic rings. The minimum Gasteiger partial charge on any atom is -0.456 e. The number of hydrogen-bond donors (Lipinski definition) is 1. The van der Waals surface area contributed by atoms with Gasteiger partial charge >= 0.3 is 0 Å². The highest BCUT2D eigenvalue weighted by molar-refractivity contribution is 7.25. The molecule has 0 bridgehead atoms. The SMILES string of the molecule is c1ccc(C2=NC(c3cccc4oc5ccc(-c6ccc(-c7ccc8c(c7)sc7ccccc78)c7oc8ccccc8c67)cc5c34)NC(c3ccc4c5ccccc5c5ccccc5c4c3)=N2)cc1. The fourth-order valence-corrected chi connectivity index (χ4v) is 12.1. The number of amidine groups is 2. The molecule has 5 nitrogen and oxygen atoms in total. The molecule has 0 amide bonds. The van der Waals surface area contributed by atoms with Gasteiger partial charge in [-0.1, -0.05) is 164 Å². The lowest BCUT2D eigenvalue weighted by atomic mass is 9.93. The molecular formula is C63H37N3O2S. The Morgan fingerprint density at radius 1 is 0.377 bits per heavy atom. The van der Waals surface area contributed by atoms with Crippen molar-refractivity contribution in [2.24, 2.45) is 9.98 Å². The first-order valence-electron chi connectivity index (χ1n) is 23.3. The van der Waals surface area contributed by atoms with Crippen LogP contribution in [0, 0.1) is 0 Å². The van der Waals surface area contributed by atoms with Crippen LogP contribution in [0.25, 0.3) is 119 Å². The van der Waals surface area contributed by atoms with Gasteiger partial charge in [0.2, 0.25) is 0 Å². The van der Waals surface area contributed by atoms with Crippen molar-refractivity contribution in [2.45, 2.75) is 6.17 Å². The predicted molar refractivity (Wildman–Crippen MR) is 289 cm³/mol. The molecule has 6 heteroatoms. The molecule has 0 radical (unpaired) electrons. The lowest BCUT2D eigenvalue weighted by molar-refractivity contribution is 0.662. The molecule has 11 aromatic carbocycles. The molecule has 0 fully saturated rings. The number of nitrogens with zero attached hydrogens (tertiary/aromatic N) is 2. The number of hydrogen-bond acceptors (Lipinski definition) is 6. The smallest absolute Gasteiger partial charge is 0.159 e. The van der Waals surface area contributed by atoms with Crippen molar-refractivity contribution in [1.82, 2.24) is 5.32 Å². The van der Waals surface area contributed by atoms with Gasteiger partial charge in [-0.25, -0.2) is 9.98 Å². The lowest BCUT2D eigenvalue weighted by Crippen LogP contribution is -2.33. The maximum atomic E-state index is 6.82. The van der Waals surface area contributed by atoms with E-state index in [1.54, 1.807) is 0 Å². The van der Waals surface area contributed by atoms with Gasteiger partial charge in [-0.05, 0) is 97.5 Å². The molecule has 1 unspecified atom stereocenters. The van der Waals surface area contributed by atoms with E-state index in [4.69, 9.17) is 18.8 Å². The van der Waals surface area contributed by atoms with E-state index >= 15 is 0 Å². The highest BCUT2D eigenvalue weighted by Gasteiger charge is 2.26. The number of furan rings is 2. The van der Waals surface area contributed by atoms with Crippen LogP contribution in [0.2, 0.25) is 0 Å². The van der Waals surface area contributed by atoms with Gasteiger partial charge in [-0.3, -0.25) is 0 Å². The van der Waals surface area contributed by atoms with E-state index in [2.05, 4.69) is 193 Å². The van der Waals surface area contributed by atoms with Gasteiger partial charge in [0.25, 0.3) is 0 Å². The Kier molecular flexibility index (Phi) is 8.23. The van der Waals surface area contributed by atoms with E-state index in [9.17, 15) is 0 Å². The summed E-state index contributed by atoms with van der Waals surface area (Å²) in [4.78, 5) is 10.6. The number of aliphatic imine (C=N–C) groups is 2. The molecule has 69 heavy (non-hydrogen) atoms. The van der Waals surface area contributed by atoms with Crippen molar-refractivity contribution in [3.05, 3.63) is 229 Å². The summed E-state index contributed by atoms with van der Waals surface area (Å²) in [6.45, 7) is 0. The minimum atomic E-state index is -0.466. The van der Waals surface area contributed by atoms with Gasteiger partial charge in [-0.15, -0.1) is 11.3 Å². The molecule has 1 N–H and O–H groups in total. The van der Waals surface area contributed by atoms with Crippen molar-refractivity contribution < 1.29 is 8.83 Å². The van der Waals surface area contributed by atoms with Crippen molar-refractivity contribution in [3.8, 4) is 22.3 Å². The zero-order valence-corrected chi connectivity index (χ0v) is 37.7. The molecule has 322 valence electrons. The fraction of sp³-hybridized carbons (Fsp3) is 0.0159. The monoisotopic (exact) mass is 899 g/mol. The third-order valence-electron chi connectivity index (χ3n) is 14.1. The second-order valence-electron chi connectivity index (χ2n) is 18.0. The molecular weight excluding hydrogens is 863 g/mol. The summed E-state index contributed by atoms with van der Waals surface area (Å²) in [7, 11) is 0. The van der Waals surface area contributed by atoms with Gasteiger partial charge in [0.15, 0.2) is 5.84 Å². The zero-order chi connectivity index (χ0) is 45.2. The Labute approximate surface area is 398 Å². The molecule has 0 aliphatic carbocycles. The Bertz CT molecular complexity index is 4500. The standard InChI is InChI=1S/C63H37N3O2S/c1-2-13-36(14-3-1)61-64-62(39-26-28-46-44-17-5-4-15-42(44)43-16-6-7-18-45(43)51(46)34-39)66-63(65-61)50-21-12-23-55-58(50)52-33-37(27-32-54(52)67-55)40-30-31-41(60-59(40)49-20-8-10-22-53(49)68-60)38-25-29-48-47-19-9-11-24-56(47)69-57(48)35-38/h1-35,63H,(H,64,65,66). The second kappa shape index (κ2) is 14.8. The molecule has 15 rings (SSSR count). The van der Waals surface area contributed by atoms with Crippen molar-refractivity contribution in [1.29, 1.82) is 0 Å². The topological polar surface area (TPSA) is 63.0 Å². The summed E-state index contributed by atoms with van der Waals surface area (Å²) in [5.41, 5.74) is 10.7. The van der Waals surface area contributed by atoms with Gasteiger partial charge in [0, 0.05) is 64.0 Å². The second-order valence-corrected chi connectivity index (χ2v) is 19.1. The fourth-order valence-electron chi connectivity index (χ4n) is 11.0. The predicted octanol–water partition coefficient (Wildman–Crippen LogP) is 17.1. The van der Waals surface area contributed by atoms with Crippen LogP contribution in [0.3, 0.4) is 0 Å². The summed E-state index contributed by atoms with van der Waals surface area (Å²) >= 11 is 1.83. The van der Waals surface area contributed by atoms with Crippen LogP contribution in [0.1, 0.15) is 22.9 Å². The molecule has 0 saturated carbocycles. The minimum absolute atomic E-state index is 0.466. The van der Waals surface area contributed by atoms with Gasteiger partial charge < -0.3 is 14.2 Å². The number of thiophene rings is 1.